The third-order valence-electron chi connectivity index (χ3n) is 2.63. The number of primary amides is 1. The third-order valence-corrected chi connectivity index (χ3v) is 3.27. The fourth-order valence-electron chi connectivity index (χ4n) is 1.64. The Bertz CT molecular complexity index is 616. The highest BCUT2D eigenvalue weighted by molar-refractivity contribution is 9.10. The van der Waals surface area contributed by atoms with Crippen LogP contribution in [0.5, 0.6) is 0 Å². The number of nitrogens with one attached hydrogen (secondary N) is 1. The molecule has 3 N–H and O–H groups in total. The molecule has 0 atom stereocenters. The van der Waals surface area contributed by atoms with Crippen LogP contribution in [0.15, 0.2) is 46.9 Å². The predicted molar refractivity (Wildman–Crippen MR) is 76.4 cm³/mol. The van der Waals surface area contributed by atoms with Crippen molar-refractivity contribution in [1.29, 1.82) is 0 Å². The van der Waals surface area contributed by atoms with Gasteiger partial charge in [0.15, 0.2) is 0 Å². The first-order chi connectivity index (χ1) is 9.06. The number of carbonyl (C=O) groups is 1. The molecule has 0 spiro atoms. The Balaban J connectivity index is 2.07. The van der Waals surface area contributed by atoms with E-state index >= 15 is 0 Å². The van der Waals surface area contributed by atoms with Crippen molar-refractivity contribution < 1.29 is 9.18 Å². The number of amides is 1. The van der Waals surface area contributed by atoms with Gasteiger partial charge in [-0.3, -0.25) is 4.79 Å². The van der Waals surface area contributed by atoms with Crippen LogP contribution >= 0.6 is 15.9 Å². The molecule has 0 saturated heterocycles. The quantitative estimate of drug-likeness (QED) is 0.907. The van der Waals surface area contributed by atoms with Gasteiger partial charge in [-0.2, -0.15) is 0 Å². The van der Waals surface area contributed by atoms with E-state index in [2.05, 4.69) is 21.2 Å². The molecule has 0 unspecified atom stereocenters. The Morgan fingerprint density at radius 2 is 2.05 bits per heavy atom. The number of nitrogens with two attached hydrogens (primary N) is 1. The standard InChI is InChI=1S/C14H12BrFN2O/c15-12-5-4-9(6-13(12)16)8-18-11-3-1-2-10(7-11)14(17)19/h1-7,18H,8H2,(H2,17,19). The molecule has 2 aromatic carbocycles. The molecule has 5 heteroatoms. The lowest BCUT2D eigenvalue weighted by molar-refractivity contribution is 0.100. The largest absolute Gasteiger partial charge is 0.381 e. The molecule has 0 aliphatic carbocycles. The van der Waals surface area contributed by atoms with Gasteiger partial charge in [0.1, 0.15) is 5.82 Å². The lowest BCUT2D eigenvalue weighted by atomic mass is 10.1. The van der Waals surface area contributed by atoms with E-state index in [1.807, 2.05) is 12.1 Å². The van der Waals surface area contributed by atoms with Gasteiger partial charge in [-0.15, -0.1) is 0 Å². The van der Waals surface area contributed by atoms with Gasteiger partial charge in [0.25, 0.3) is 0 Å². The molecule has 0 fully saturated rings. The molecular weight excluding hydrogens is 311 g/mol. The molecule has 0 bridgehead atoms. The number of hydrogen-bond acceptors (Lipinski definition) is 2. The summed E-state index contributed by atoms with van der Waals surface area (Å²) < 4.78 is 13.8. The fraction of sp³-hybridized carbons (Fsp3) is 0.0714. The molecule has 2 rings (SSSR count). The van der Waals surface area contributed by atoms with Gasteiger partial charge in [-0.05, 0) is 51.8 Å². The van der Waals surface area contributed by atoms with E-state index in [4.69, 9.17) is 5.73 Å². The zero-order chi connectivity index (χ0) is 13.8. The van der Waals surface area contributed by atoms with Crippen molar-refractivity contribution in [3.05, 3.63) is 63.9 Å². The molecule has 0 aromatic heterocycles. The predicted octanol–water partition coefficient (Wildman–Crippen LogP) is 3.30. The van der Waals surface area contributed by atoms with Crippen LogP contribution in [0.1, 0.15) is 15.9 Å². The fourth-order valence-corrected chi connectivity index (χ4v) is 1.88. The summed E-state index contributed by atoms with van der Waals surface area (Å²) in [7, 11) is 0. The molecule has 1 amide bonds. The molecule has 0 heterocycles. The molecule has 2 aromatic rings. The smallest absolute Gasteiger partial charge is 0.248 e. The number of benzene rings is 2. The van der Waals surface area contributed by atoms with Crippen LogP contribution in [0.25, 0.3) is 0 Å². The number of rotatable bonds is 4. The van der Waals surface area contributed by atoms with Gasteiger partial charge in [-0.1, -0.05) is 12.1 Å². The molecule has 0 aliphatic rings. The van der Waals surface area contributed by atoms with Crippen molar-refractivity contribution in [3.63, 3.8) is 0 Å². The van der Waals surface area contributed by atoms with E-state index in [1.165, 1.54) is 6.07 Å². The van der Waals surface area contributed by atoms with Gasteiger partial charge in [0.05, 0.1) is 4.47 Å². The average Bonchev–Trinajstić information content (AvgIpc) is 2.40. The highest BCUT2D eigenvalue weighted by Gasteiger charge is 2.03. The minimum absolute atomic E-state index is 0.301. The van der Waals surface area contributed by atoms with Crippen molar-refractivity contribution in [2.75, 3.05) is 5.32 Å². The van der Waals surface area contributed by atoms with E-state index in [0.717, 1.165) is 11.3 Å². The number of carbonyl (C=O) groups excluding carboxylic acids is 1. The SMILES string of the molecule is NC(=O)c1cccc(NCc2ccc(Br)c(F)c2)c1. The molecule has 0 radical (unpaired) electrons. The van der Waals surface area contributed by atoms with Crippen molar-refractivity contribution in [2.24, 2.45) is 5.73 Å². The summed E-state index contributed by atoms with van der Waals surface area (Å²) >= 11 is 3.10. The average molecular weight is 323 g/mol. The van der Waals surface area contributed by atoms with E-state index in [-0.39, 0.29) is 5.82 Å². The Morgan fingerprint density at radius 3 is 2.74 bits per heavy atom. The minimum Gasteiger partial charge on any atom is -0.381 e. The van der Waals surface area contributed by atoms with Crippen LogP contribution in [0.4, 0.5) is 10.1 Å². The summed E-state index contributed by atoms with van der Waals surface area (Å²) in [6.07, 6.45) is 0. The Kier molecular flexibility index (Phi) is 4.16. The maximum absolute atomic E-state index is 13.3. The van der Waals surface area contributed by atoms with Crippen LogP contribution in [0, 0.1) is 5.82 Å². The molecule has 19 heavy (non-hydrogen) atoms. The van der Waals surface area contributed by atoms with Gasteiger partial charge >= 0.3 is 0 Å². The van der Waals surface area contributed by atoms with Crippen LogP contribution in [0.2, 0.25) is 0 Å². The zero-order valence-corrected chi connectivity index (χ0v) is 11.6. The van der Waals surface area contributed by atoms with Gasteiger partial charge in [-0.25, -0.2) is 4.39 Å². The second kappa shape index (κ2) is 5.84. The normalized spacial score (nSPS) is 10.2. The monoisotopic (exact) mass is 322 g/mol. The molecule has 0 aliphatic heterocycles. The summed E-state index contributed by atoms with van der Waals surface area (Å²) in [5.41, 5.74) is 7.22. The van der Waals surface area contributed by atoms with Crippen molar-refractivity contribution in [3.8, 4) is 0 Å². The van der Waals surface area contributed by atoms with Crippen LogP contribution < -0.4 is 11.1 Å². The van der Waals surface area contributed by atoms with E-state index in [0.29, 0.717) is 16.6 Å². The molecule has 3 nitrogen and oxygen atoms in total. The van der Waals surface area contributed by atoms with Crippen molar-refractivity contribution >= 4 is 27.5 Å². The number of halogens is 2. The second-order valence-corrected chi connectivity index (χ2v) is 4.90. The topological polar surface area (TPSA) is 55.1 Å². The van der Waals surface area contributed by atoms with Crippen LogP contribution in [0.3, 0.4) is 0 Å². The molecule has 98 valence electrons. The van der Waals surface area contributed by atoms with E-state index in [1.54, 1.807) is 24.3 Å². The zero-order valence-electron chi connectivity index (χ0n) is 9.99. The number of hydrogen-bond donors (Lipinski definition) is 2. The van der Waals surface area contributed by atoms with Gasteiger partial charge in [0.2, 0.25) is 5.91 Å². The summed E-state index contributed by atoms with van der Waals surface area (Å²) in [4.78, 5) is 11.0. The third kappa shape index (κ3) is 3.54. The van der Waals surface area contributed by atoms with Crippen molar-refractivity contribution in [1.82, 2.24) is 0 Å². The summed E-state index contributed by atoms with van der Waals surface area (Å²) in [5, 5.41) is 3.11. The molecule has 0 saturated carbocycles. The van der Waals surface area contributed by atoms with Gasteiger partial charge < -0.3 is 11.1 Å². The van der Waals surface area contributed by atoms with Crippen LogP contribution in [-0.2, 0) is 6.54 Å². The maximum Gasteiger partial charge on any atom is 0.248 e. The Labute approximate surface area is 118 Å². The van der Waals surface area contributed by atoms with Crippen LogP contribution in [-0.4, -0.2) is 5.91 Å². The second-order valence-electron chi connectivity index (χ2n) is 4.05. The van der Waals surface area contributed by atoms with Gasteiger partial charge in [0, 0.05) is 17.8 Å². The highest BCUT2D eigenvalue weighted by atomic mass is 79.9. The highest BCUT2D eigenvalue weighted by Crippen LogP contribution is 2.17. The summed E-state index contributed by atoms with van der Waals surface area (Å²) in [6.45, 7) is 0.465. The van der Waals surface area contributed by atoms with Crippen molar-refractivity contribution in [2.45, 2.75) is 6.54 Å². The number of anilines is 1. The first-order valence-corrected chi connectivity index (χ1v) is 6.43. The Morgan fingerprint density at radius 1 is 1.26 bits per heavy atom. The summed E-state index contributed by atoms with van der Waals surface area (Å²) in [6, 6.07) is 11.8. The minimum atomic E-state index is -0.474. The summed E-state index contributed by atoms with van der Waals surface area (Å²) in [5.74, 6) is -0.775. The lowest BCUT2D eigenvalue weighted by Gasteiger charge is -2.08. The first-order valence-electron chi connectivity index (χ1n) is 5.64. The van der Waals surface area contributed by atoms with E-state index < -0.39 is 5.91 Å². The lowest BCUT2D eigenvalue weighted by Crippen LogP contribution is -2.11. The molecular formula is C14H12BrFN2O. The Hall–Kier alpha value is -1.88. The first kappa shape index (κ1) is 13.5. The maximum atomic E-state index is 13.3. The van der Waals surface area contributed by atoms with E-state index in [9.17, 15) is 9.18 Å².